The molecule has 0 amide bonds. The third kappa shape index (κ3) is 3.53. The van der Waals surface area contributed by atoms with Crippen LogP contribution in [0.4, 0.5) is 24.8 Å². The molecule has 3 heterocycles. The van der Waals surface area contributed by atoms with Gasteiger partial charge in [0.05, 0.1) is 28.6 Å². The van der Waals surface area contributed by atoms with Crippen LogP contribution in [0.15, 0.2) is 16.9 Å². The summed E-state index contributed by atoms with van der Waals surface area (Å²) in [5.41, 5.74) is -3.40. The second kappa shape index (κ2) is 6.66. The van der Waals surface area contributed by atoms with Gasteiger partial charge in [0.1, 0.15) is 0 Å². The average Bonchev–Trinajstić information content (AvgIpc) is 3.00. The van der Waals surface area contributed by atoms with Crippen molar-refractivity contribution < 1.29 is 27.6 Å². The van der Waals surface area contributed by atoms with Crippen LogP contribution in [0.25, 0.3) is 10.9 Å². The first-order valence-electron chi connectivity index (χ1n) is 8.94. The van der Waals surface area contributed by atoms with Crippen LogP contribution in [0.5, 0.6) is 0 Å². The molecule has 12 heteroatoms. The van der Waals surface area contributed by atoms with Crippen LogP contribution in [0.1, 0.15) is 25.3 Å². The summed E-state index contributed by atoms with van der Waals surface area (Å²) in [5.74, 6) is -0.632. The van der Waals surface area contributed by atoms with Crippen LogP contribution in [0.3, 0.4) is 0 Å². The van der Waals surface area contributed by atoms with Gasteiger partial charge in [-0.15, -0.1) is 0 Å². The summed E-state index contributed by atoms with van der Waals surface area (Å²) >= 11 is 0. The number of benzene rings is 1. The minimum Gasteiger partial charge on any atom is -0.347 e. The Labute approximate surface area is 161 Å². The highest BCUT2D eigenvalue weighted by molar-refractivity contribution is 5.88. The number of H-pyrrole nitrogens is 1. The number of alkyl halides is 3. The summed E-state index contributed by atoms with van der Waals surface area (Å²) in [6, 6.07) is 0.968. The summed E-state index contributed by atoms with van der Waals surface area (Å²) in [6.07, 6.45) is -3.86. The maximum Gasteiger partial charge on any atom is 0.416 e. The maximum absolute atomic E-state index is 13.0. The number of nitrogens with zero attached hydrogens (tertiary/aromatic N) is 3. The zero-order chi connectivity index (χ0) is 21.0. The summed E-state index contributed by atoms with van der Waals surface area (Å²) in [7, 11) is 0. The first-order chi connectivity index (χ1) is 13.6. The van der Waals surface area contributed by atoms with Gasteiger partial charge in [0.2, 0.25) is 5.95 Å². The molecule has 2 saturated heterocycles. The van der Waals surface area contributed by atoms with Crippen molar-refractivity contribution in [3.05, 3.63) is 38.2 Å². The summed E-state index contributed by atoms with van der Waals surface area (Å²) < 4.78 is 50.7. The zero-order valence-corrected chi connectivity index (χ0v) is 15.3. The van der Waals surface area contributed by atoms with Crippen molar-refractivity contribution in [3.8, 4) is 0 Å². The fourth-order valence-corrected chi connectivity index (χ4v) is 3.69. The number of non-ortho nitro benzene ring substituents is 1. The van der Waals surface area contributed by atoms with Crippen LogP contribution in [0, 0.1) is 10.1 Å². The number of rotatable bonds is 2. The molecule has 1 aromatic heterocycles. The Hall–Kier alpha value is -2.73. The maximum atomic E-state index is 13.0. The predicted octanol–water partition coefficient (Wildman–Crippen LogP) is 2.58. The number of piperidine rings is 1. The van der Waals surface area contributed by atoms with Crippen LogP contribution >= 0.6 is 0 Å². The van der Waals surface area contributed by atoms with Gasteiger partial charge in [0.25, 0.3) is 11.2 Å². The second-order valence-electron chi connectivity index (χ2n) is 7.17. The van der Waals surface area contributed by atoms with Gasteiger partial charge in [0, 0.05) is 32.0 Å². The number of anilines is 1. The van der Waals surface area contributed by atoms with Crippen molar-refractivity contribution >= 4 is 22.5 Å². The molecular weight excluding hydrogens is 397 g/mol. The van der Waals surface area contributed by atoms with Gasteiger partial charge in [-0.05, 0) is 13.0 Å². The molecular formula is C17H17F3N4O5. The van der Waals surface area contributed by atoms with Crippen molar-refractivity contribution in [1.29, 1.82) is 0 Å². The van der Waals surface area contributed by atoms with E-state index in [9.17, 15) is 28.1 Å². The minimum absolute atomic E-state index is 0.0226. The van der Waals surface area contributed by atoms with E-state index in [0.29, 0.717) is 44.7 Å². The van der Waals surface area contributed by atoms with Crippen molar-refractivity contribution in [1.82, 2.24) is 9.97 Å². The number of aromatic nitrogens is 2. The van der Waals surface area contributed by atoms with Crippen LogP contribution in [-0.4, -0.2) is 46.5 Å². The first kappa shape index (κ1) is 19.6. The lowest BCUT2D eigenvalue weighted by Gasteiger charge is -2.38. The number of aromatic amines is 1. The number of halogens is 3. The van der Waals surface area contributed by atoms with E-state index < -0.39 is 39.1 Å². The summed E-state index contributed by atoms with van der Waals surface area (Å²) in [4.78, 5) is 31.0. The molecule has 0 bridgehead atoms. The van der Waals surface area contributed by atoms with Crippen LogP contribution in [-0.2, 0) is 15.7 Å². The molecule has 2 aliphatic heterocycles. The Morgan fingerprint density at radius 1 is 1.34 bits per heavy atom. The Bertz CT molecular complexity index is 1030. The molecule has 0 saturated carbocycles. The molecule has 4 rings (SSSR count). The van der Waals surface area contributed by atoms with Gasteiger partial charge in [0.15, 0.2) is 11.3 Å². The van der Waals surface area contributed by atoms with E-state index >= 15 is 0 Å². The van der Waals surface area contributed by atoms with E-state index in [2.05, 4.69) is 9.97 Å². The topological polar surface area (TPSA) is 111 Å². The number of fused-ring (bicyclic) bond motifs is 1. The number of ether oxygens (including phenoxy) is 2. The van der Waals surface area contributed by atoms with Crippen LogP contribution in [0.2, 0.25) is 0 Å². The van der Waals surface area contributed by atoms with E-state index in [0.717, 1.165) is 0 Å². The SMILES string of the molecule is C[C@@H]1COC2(CCN(c3nc4c([N+](=O)[O-])cc(C(F)(F)F)cc4c(=O)[nH]3)CC2)O1. The second-order valence-corrected chi connectivity index (χ2v) is 7.17. The van der Waals surface area contributed by atoms with E-state index in [1.54, 1.807) is 4.90 Å². The molecule has 0 aliphatic carbocycles. The van der Waals surface area contributed by atoms with Gasteiger partial charge >= 0.3 is 6.18 Å². The highest BCUT2D eigenvalue weighted by atomic mass is 19.4. The molecule has 1 N–H and O–H groups in total. The number of nitro groups is 1. The lowest BCUT2D eigenvalue weighted by Crippen LogP contribution is -2.46. The molecule has 9 nitrogen and oxygen atoms in total. The number of hydrogen-bond donors (Lipinski definition) is 1. The highest BCUT2D eigenvalue weighted by Gasteiger charge is 2.43. The molecule has 156 valence electrons. The van der Waals surface area contributed by atoms with E-state index in [1.807, 2.05) is 6.92 Å². The Balaban J connectivity index is 1.71. The smallest absolute Gasteiger partial charge is 0.347 e. The number of nitro benzene ring substituents is 1. The molecule has 0 unspecified atom stereocenters. The highest BCUT2D eigenvalue weighted by Crippen LogP contribution is 2.37. The minimum atomic E-state index is -4.83. The number of hydrogen-bond acceptors (Lipinski definition) is 7. The number of nitrogens with one attached hydrogen (secondary N) is 1. The fourth-order valence-electron chi connectivity index (χ4n) is 3.69. The van der Waals surface area contributed by atoms with Crippen molar-refractivity contribution in [3.63, 3.8) is 0 Å². The van der Waals surface area contributed by atoms with Crippen molar-refractivity contribution in [2.24, 2.45) is 0 Å². The normalized spacial score (nSPS) is 21.8. The van der Waals surface area contributed by atoms with E-state index in [4.69, 9.17) is 9.47 Å². The lowest BCUT2D eigenvalue weighted by atomic mass is 10.0. The van der Waals surface area contributed by atoms with Gasteiger partial charge in [-0.2, -0.15) is 13.2 Å². The zero-order valence-electron chi connectivity index (χ0n) is 15.3. The third-order valence-electron chi connectivity index (χ3n) is 5.12. The molecule has 2 fully saturated rings. The quantitative estimate of drug-likeness (QED) is 0.594. The largest absolute Gasteiger partial charge is 0.416 e. The summed E-state index contributed by atoms with van der Waals surface area (Å²) in [6.45, 7) is 3.18. The molecule has 1 atom stereocenters. The first-order valence-corrected chi connectivity index (χ1v) is 8.94. The molecule has 29 heavy (non-hydrogen) atoms. The summed E-state index contributed by atoms with van der Waals surface area (Å²) in [5, 5.41) is 10.8. The van der Waals surface area contributed by atoms with Crippen molar-refractivity contribution in [2.45, 2.75) is 37.8 Å². The monoisotopic (exact) mass is 414 g/mol. The van der Waals surface area contributed by atoms with E-state index in [-0.39, 0.29) is 17.6 Å². The van der Waals surface area contributed by atoms with Gasteiger partial charge in [-0.25, -0.2) is 4.98 Å². The molecule has 1 aromatic carbocycles. The van der Waals surface area contributed by atoms with Gasteiger partial charge < -0.3 is 14.4 Å². The van der Waals surface area contributed by atoms with Gasteiger partial charge in [-0.1, -0.05) is 0 Å². The molecule has 2 aromatic rings. The molecule has 1 spiro atoms. The van der Waals surface area contributed by atoms with Gasteiger partial charge in [-0.3, -0.25) is 19.9 Å². The Morgan fingerprint density at radius 3 is 2.59 bits per heavy atom. The van der Waals surface area contributed by atoms with Crippen molar-refractivity contribution in [2.75, 3.05) is 24.6 Å². The lowest BCUT2D eigenvalue weighted by molar-refractivity contribution is -0.383. The van der Waals surface area contributed by atoms with E-state index in [1.165, 1.54) is 0 Å². The van der Waals surface area contributed by atoms with Crippen LogP contribution < -0.4 is 10.5 Å². The predicted molar refractivity (Wildman–Crippen MR) is 94.7 cm³/mol. The Kier molecular flexibility index (Phi) is 4.50. The Morgan fingerprint density at radius 2 is 2.03 bits per heavy atom. The standard InChI is InChI=1S/C17H17F3N4O5/c1-9-8-28-16(29-9)2-4-23(5-3-16)15-21-13-11(14(25)22-15)6-10(17(18,19)20)7-12(13)24(26)27/h6-7,9H,2-5,8H2,1H3,(H,21,22,25)/t9-/m1/s1. The molecule has 0 radical (unpaired) electrons. The third-order valence-corrected chi connectivity index (χ3v) is 5.12. The fraction of sp³-hybridized carbons (Fsp3) is 0.529. The average molecular weight is 414 g/mol. The molecule has 2 aliphatic rings.